The van der Waals surface area contributed by atoms with Gasteiger partial charge in [0.1, 0.15) is 5.54 Å². The molecule has 2 atom stereocenters. The Hall–Kier alpha value is -0.220. The molecule has 0 aromatic rings. The van der Waals surface area contributed by atoms with E-state index < -0.39 is 11.5 Å². The number of thioether (sulfide) groups is 1. The highest BCUT2D eigenvalue weighted by Crippen LogP contribution is 2.39. The number of carboxylic acid groups (broad SMARTS) is 1. The summed E-state index contributed by atoms with van der Waals surface area (Å²) in [6, 6.07) is 0.255. The minimum absolute atomic E-state index is 0.0990. The summed E-state index contributed by atoms with van der Waals surface area (Å²) in [5.74, 6) is 1.02. The van der Waals surface area contributed by atoms with Gasteiger partial charge in [0, 0.05) is 11.8 Å². The van der Waals surface area contributed by atoms with Gasteiger partial charge in [0.05, 0.1) is 0 Å². The Balaban J connectivity index is 2.84. The topological polar surface area (TPSA) is 49.3 Å². The van der Waals surface area contributed by atoms with Crippen LogP contribution in [-0.4, -0.2) is 34.2 Å². The lowest BCUT2D eigenvalue weighted by atomic mass is 9.79. The molecular formula is C12H23NO2S. The van der Waals surface area contributed by atoms with E-state index in [0.29, 0.717) is 12.2 Å². The molecule has 94 valence electrons. The van der Waals surface area contributed by atoms with Crippen molar-refractivity contribution in [2.75, 3.05) is 11.5 Å². The number of carbonyl (C=O) groups is 1. The third kappa shape index (κ3) is 3.14. The second-order valence-electron chi connectivity index (χ2n) is 5.67. The molecule has 0 radical (unpaired) electrons. The van der Waals surface area contributed by atoms with Crippen molar-refractivity contribution in [3.05, 3.63) is 0 Å². The number of carboxylic acids is 1. The molecule has 0 aliphatic carbocycles. The van der Waals surface area contributed by atoms with E-state index in [1.807, 2.05) is 0 Å². The number of rotatable bonds is 4. The molecule has 4 heteroatoms. The van der Waals surface area contributed by atoms with E-state index in [-0.39, 0.29) is 11.5 Å². The molecule has 0 amide bonds. The molecule has 0 bridgehead atoms. The highest BCUT2D eigenvalue weighted by molar-refractivity contribution is 7.99. The maximum absolute atomic E-state index is 11.5. The number of hydrogen-bond donors (Lipinski definition) is 2. The first-order chi connectivity index (χ1) is 7.31. The molecule has 1 heterocycles. The average molecular weight is 245 g/mol. The van der Waals surface area contributed by atoms with Crippen molar-refractivity contribution < 1.29 is 9.90 Å². The van der Waals surface area contributed by atoms with Crippen LogP contribution in [0.15, 0.2) is 0 Å². The van der Waals surface area contributed by atoms with Crippen LogP contribution in [0.4, 0.5) is 0 Å². The van der Waals surface area contributed by atoms with Crippen LogP contribution in [0.2, 0.25) is 0 Å². The van der Waals surface area contributed by atoms with Gasteiger partial charge in [-0.3, -0.25) is 10.1 Å². The molecule has 3 nitrogen and oxygen atoms in total. The minimum Gasteiger partial charge on any atom is -0.480 e. The number of hydrogen-bond acceptors (Lipinski definition) is 3. The van der Waals surface area contributed by atoms with Crippen LogP contribution in [0.25, 0.3) is 0 Å². The maximum Gasteiger partial charge on any atom is 0.324 e. The zero-order valence-electron chi connectivity index (χ0n) is 10.7. The summed E-state index contributed by atoms with van der Waals surface area (Å²) in [6.45, 7) is 8.43. The van der Waals surface area contributed by atoms with Gasteiger partial charge in [-0.05, 0) is 30.9 Å². The first kappa shape index (κ1) is 13.8. The summed E-state index contributed by atoms with van der Waals surface area (Å²) in [5.41, 5.74) is -0.635. The van der Waals surface area contributed by atoms with Crippen molar-refractivity contribution in [3.63, 3.8) is 0 Å². The van der Waals surface area contributed by atoms with Crippen molar-refractivity contribution in [2.24, 2.45) is 5.41 Å². The lowest BCUT2D eigenvalue weighted by molar-refractivity contribution is -0.145. The van der Waals surface area contributed by atoms with E-state index >= 15 is 0 Å². The van der Waals surface area contributed by atoms with Gasteiger partial charge >= 0.3 is 5.97 Å². The van der Waals surface area contributed by atoms with Crippen molar-refractivity contribution in [1.82, 2.24) is 5.32 Å². The SMILES string of the molecule is CCC(C)NC1(C(=O)O)CSCC(C)(C)C1. The fraction of sp³-hybridized carbons (Fsp3) is 0.917. The Morgan fingerprint density at radius 1 is 1.50 bits per heavy atom. The zero-order chi connectivity index (χ0) is 12.4. The highest BCUT2D eigenvalue weighted by Gasteiger charge is 2.46. The van der Waals surface area contributed by atoms with Gasteiger partial charge in [-0.25, -0.2) is 0 Å². The third-order valence-electron chi connectivity index (χ3n) is 3.17. The summed E-state index contributed by atoms with van der Waals surface area (Å²) in [5, 5.41) is 12.8. The molecule has 0 aromatic carbocycles. The summed E-state index contributed by atoms with van der Waals surface area (Å²) in [6.07, 6.45) is 1.67. The van der Waals surface area contributed by atoms with Crippen molar-refractivity contribution in [1.29, 1.82) is 0 Å². The Bertz CT molecular complexity index is 268. The second-order valence-corrected chi connectivity index (χ2v) is 6.66. The lowest BCUT2D eigenvalue weighted by Crippen LogP contribution is -2.61. The van der Waals surface area contributed by atoms with E-state index in [9.17, 15) is 9.90 Å². The molecular weight excluding hydrogens is 222 g/mol. The van der Waals surface area contributed by atoms with E-state index in [1.165, 1.54) is 0 Å². The third-order valence-corrected chi connectivity index (χ3v) is 4.85. The molecule has 1 aliphatic heterocycles. The van der Waals surface area contributed by atoms with Crippen LogP contribution in [0, 0.1) is 5.41 Å². The fourth-order valence-corrected chi connectivity index (χ4v) is 3.70. The van der Waals surface area contributed by atoms with Gasteiger partial charge in [-0.1, -0.05) is 20.8 Å². The summed E-state index contributed by atoms with van der Waals surface area (Å²) in [7, 11) is 0. The summed E-state index contributed by atoms with van der Waals surface area (Å²) >= 11 is 1.75. The van der Waals surface area contributed by atoms with Crippen molar-refractivity contribution in [3.8, 4) is 0 Å². The smallest absolute Gasteiger partial charge is 0.324 e. The molecule has 2 unspecified atom stereocenters. The molecule has 1 aliphatic rings. The Labute approximate surface area is 102 Å². The van der Waals surface area contributed by atoms with Crippen LogP contribution in [-0.2, 0) is 4.79 Å². The van der Waals surface area contributed by atoms with Crippen LogP contribution in [0.1, 0.15) is 40.5 Å². The molecule has 0 spiro atoms. The number of nitrogens with one attached hydrogen (secondary N) is 1. The van der Waals surface area contributed by atoms with Gasteiger partial charge in [0.25, 0.3) is 0 Å². The average Bonchev–Trinajstić information content (AvgIpc) is 2.15. The Morgan fingerprint density at radius 2 is 2.12 bits per heavy atom. The predicted octanol–water partition coefficient (Wildman–Crippen LogP) is 2.36. The van der Waals surface area contributed by atoms with Gasteiger partial charge in [-0.2, -0.15) is 11.8 Å². The van der Waals surface area contributed by atoms with Gasteiger partial charge < -0.3 is 5.11 Å². The quantitative estimate of drug-likeness (QED) is 0.798. The van der Waals surface area contributed by atoms with E-state index in [0.717, 1.165) is 12.2 Å². The minimum atomic E-state index is -0.734. The summed E-state index contributed by atoms with van der Waals surface area (Å²) in [4.78, 5) is 11.5. The van der Waals surface area contributed by atoms with Crippen LogP contribution >= 0.6 is 11.8 Å². The van der Waals surface area contributed by atoms with Gasteiger partial charge in [-0.15, -0.1) is 0 Å². The van der Waals surface area contributed by atoms with Crippen LogP contribution in [0.3, 0.4) is 0 Å². The monoisotopic (exact) mass is 245 g/mol. The zero-order valence-corrected chi connectivity index (χ0v) is 11.5. The molecule has 1 saturated heterocycles. The van der Waals surface area contributed by atoms with Crippen molar-refractivity contribution in [2.45, 2.75) is 52.1 Å². The first-order valence-corrected chi connectivity index (χ1v) is 7.06. The first-order valence-electron chi connectivity index (χ1n) is 5.90. The second kappa shape index (κ2) is 4.96. The fourth-order valence-electron chi connectivity index (χ4n) is 2.29. The molecule has 1 fully saturated rings. The number of aliphatic carboxylic acids is 1. The lowest BCUT2D eigenvalue weighted by Gasteiger charge is -2.43. The molecule has 16 heavy (non-hydrogen) atoms. The Kier molecular flexibility index (Phi) is 4.29. The Morgan fingerprint density at radius 3 is 2.56 bits per heavy atom. The molecule has 2 N–H and O–H groups in total. The highest BCUT2D eigenvalue weighted by atomic mass is 32.2. The maximum atomic E-state index is 11.5. The van der Waals surface area contributed by atoms with Gasteiger partial charge in [0.2, 0.25) is 0 Å². The van der Waals surface area contributed by atoms with E-state index in [1.54, 1.807) is 11.8 Å². The van der Waals surface area contributed by atoms with E-state index in [4.69, 9.17) is 0 Å². The van der Waals surface area contributed by atoms with Gasteiger partial charge in [0.15, 0.2) is 0 Å². The van der Waals surface area contributed by atoms with Crippen LogP contribution < -0.4 is 5.32 Å². The molecule has 0 aromatic heterocycles. The molecule has 0 saturated carbocycles. The van der Waals surface area contributed by atoms with E-state index in [2.05, 4.69) is 33.0 Å². The normalized spacial score (nSPS) is 31.0. The standard InChI is InChI=1S/C12H23NO2S/c1-5-9(2)13-12(10(14)15)6-11(3,4)7-16-8-12/h9,13H,5-8H2,1-4H3,(H,14,15). The summed E-state index contributed by atoms with van der Waals surface area (Å²) < 4.78 is 0. The predicted molar refractivity (Wildman–Crippen MR) is 69.0 cm³/mol. The molecule has 1 rings (SSSR count). The van der Waals surface area contributed by atoms with Crippen LogP contribution in [0.5, 0.6) is 0 Å². The largest absolute Gasteiger partial charge is 0.480 e. The van der Waals surface area contributed by atoms with Crippen molar-refractivity contribution >= 4 is 17.7 Å².